The summed E-state index contributed by atoms with van der Waals surface area (Å²) in [7, 11) is 2.70. The summed E-state index contributed by atoms with van der Waals surface area (Å²) in [5.74, 6) is -1.37. The number of esters is 2. The lowest BCUT2D eigenvalue weighted by Gasteiger charge is -2.22. The highest BCUT2D eigenvalue weighted by atomic mass is 16.5. The van der Waals surface area contributed by atoms with Crippen molar-refractivity contribution in [3.05, 3.63) is 0 Å². The third-order valence-electron chi connectivity index (χ3n) is 2.69. The molecule has 0 aromatic rings. The molecule has 4 heteroatoms. The smallest absolute Gasteiger partial charge is 0.309 e. The molecule has 0 N–H and O–H groups in total. The topological polar surface area (TPSA) is 52.6 Å². The van der Waals surface area contributed by atoms with Crippen LogP contribution in [0.25, 0.3) is 0 Å². The standard InChI is InChI=1S/C12H22O4/c1-5-7-9(11(13)15-3)10(8-6-2)12(14)16-4/h9-10H,5-8H2,1-4H3. The second-order valence-electron chi connectivity index (χ2n) is 3.84. The molecule has 0 saturated carbocycles. The van der Waals surface area contributed by atoms with E-state index in [1.807, 2.05) is 13.8 Å². The van der Waals surface area contributed by atoms with Gasteiger partial charge in [0, 0.05) is 0 Å². The molecule has 0 aliphatic carbocycles. The monoisotopic (exact) mass is 230 g/mol. The van der Waals surface area contributed by atoms with Crippen LogP contribution in [-0.2, 0) is 19.1 Å². The van der Waals surface area contributed by atoms with Crippen molar-refractivity contribution >= 4 is 11.9 Å². The van der Waals surface area contributed by atoms with Gasteiger partial charge in [-0.05, 0) is 12.8 Å². The minimum absolute atomic E-state index is 0.314. The van der Waals surface area contributed by atoms with E-state index in [1.54, 1.807) is 0 Å². The normalized spacial score (nSPS) is 14.0. The van der Waals surface area contributed by atoms with Crippen LogP contribution in [0, 0.1) is 11.8 Å². The number of methoxy groups -OCH3 is 2. The Morgan fingerprint density at radius 3 is 1.38 bits per heavy atom. The molecule has 0 aliphatic heterocycles. The van der Waals surface area contributed by atoms with Crippen molar-refractivity contribution in [2.75, 3.05) is 14.2 Å². The Balaban J connectivity index is 4.77. The molecule has 0 spiro atoms. The Bertz CT molecular complexity index is 201. The first-order valence-electron chi connectivity index (χ1n) is 5.77. The van der Waals surface area contributed by atoms with Crippen molar-refractivity contribution in [1.82, 2.24) is 0 Å². The zero-order valence-electron chi connectivity index (χ0n) is 10.6. The molecule has 0 bridgehead atoms. The van der Waals surface area contributed by atoms with E-state index in [-0.39, 0.29) is 23.8 Å². The second-order valence-corrected chi connectivity index (χ2v) is 3.84. The van der Waals surface area contributed by atoms with E-state index in [1.165, 1.54) is 14.2 Å². The van der Waals surface area contributed by atoms with Crippen LogP contribution in [0.3, 0.4) is 0 Å². The molecular formula is C12H22O4. The van der Waals surface area contributed by atoms with Crippen molar-refractivity contribution in [2.45, 2.75) is 39.5 Å². The summed E-state index contributed by atoms with van der Waals surface area (Å²) in [6, 6.07) is 0. The first kappa shape index (κ1) is 14.9. The predicted molar refractivity (Wildman–Crippen MR) is 60.8 cm³/mol. The van der Waals surface area contributed by atoms with Crippen LogP contribution in [0.4, 0.5) is 0 Å². The summed E-state index contributed by atoms with van der Waals surface area (Å²) in [5.41, 5.74) is 0. The van der Waals surface area contributed by atoms with Gasteiger partial charge in [-0.15, -0.1) is 0 Å². The fraction of sp³-hybridized carbons (Fsp3) is 0.833. The molecule has 2 atom stereocenters. The molecule has 2 unspecified atom stereocenters. The van der Waals surface area contributed by atoms with E-state index in [0.717, 1.165) is 12.8 Å². The Morgan fingerprint density at radius 1 is 0.875 bits per heavy atom. The maximum absolute atomic E-state index is 11.6. The molecule has 0 radical (unpaired) electrons. The lowest BCUT2D eigenvalue weighted by Crippen LogP contribution is -2.31. The van der Waals surface area contributed by atoms with E-state index >= 15 is 0 Å². The van der Waals surface area contributed by atoms with Crippen molar-refractivity contribution in [3.63, 3.8) is 0 Å². The van der Waals surface area contributed by atoms with Gasteiger partial charge in [-0.2, -0.15) is 0 Å². The van der Waals surface area contributed by atoms with E-state index in [2.05, 4.69) is 0 Å². The predicted octanol–water partition coefficient (Wildman–Crippen LogP) is 2.17. The lowest BCUT2D eigenvalue weighted by atomic mass is 9.85. The van der Waals surface area contributed by atoms with Crippen LogP contribution in [0.2, 0.25) is 0 Å². The van der Waals surface area contributed by atoms with Crippen LogP contribution >= 0.6 is 0 Å². The molecular weight excluding hydrogens is 208 g/mol. The summed E-state index contributed by atoms with van der Waals surface area (Å²) in [4.78, 5) is 23.2. The van der Waals surface area contributed by atoms with Gasteiger partial charge < -0.3 is 9.47 Å². The van der Waals surface area contributed by atoms with E-state index in [9.17, 15) is 9.59 Å². The molecule has 16 heavy (non-hydrogen) atoms. The number of carbonyl (C=O) groups excluding carboxylic acids is 2. The third kappa shape index (κ3) is 4.21. The zero-order chi connectivity index (χ0) is 12.6. The molecule has 0 amide bonds. The first-order valence-corrected chi connectivity index (χ1v) is 5.77. The molecule has 4 nitrogen and oxygen atoms in total. The van der Waals surface area contributed by atoms with Gasteiger partial charge in [0.05, 0.1) is 26.1 Å². The number of rotatable bonds is 7. The van der Waals surface area contributed by atoms with Gasteiger partial charge in [0.2, 0.25) is 0 Å². The van der Waals surface area contributed by atoms with Crippen LogP contribution in [-0.4, -0.2) is 26.2 Å². The fourth-order valence-corrected chi connectivity index (χ4v) is 1.89. The third-order valence-corrected chi connectivity index (χ3v) is 2.69. The molecule has 0 fully saturated rings. The minimum Gasteiger partial charge on any atom is -0.469 e. The number of ether oxygens (including phenoxy) is 2. The molecule has 0 aliphatic rings. The maximum atomic E-state index is 11.6. The molecule has 94 valence electrons. The van der Waals surface area contributed by atoms with E-state index in [4.69, 9.17) is 9.47 Å². The molecule has 0 aromatic carbocycles. The second kappa shape index (κ2) is 8.13. The first-order chi connectivity index (χ1) is 7.62. The highest BCUT2D eigenvalue weighted by molar-refractivity contribution is 5.81. The Labute approximate surface area is 97.3 Å². The molecule has 0 aromatic heterocycles. The number of hydrogen-bond acceptors (Lipinski definition) is 4. The average molecular weight is 230 g/mol. The van der Waals surface area contributed by atoms with Crippen LogP contribution in [0.15, 0.2) is 0 Å². The summed E-state index contributed by atoms with van der Waals surface area (Å²) in [6.45, 7) is 3.96. The van der Waals surface area contributed by atoms with Gasteiger partial charge >= 0.3 is 11.9 Å². The summed E-state index contributed by atoms with van der Waals surface area (Å²) in [5, 5.41) is 0. The van der Waals surface area contributed by atoms with E-state index in [0.29, 0.717) is 12.8 Å². The Hall–Kier alpha value is -1.06. The number of carbonyl (C=O) groups is 2. The fourth-order valence-electron chi connectivity index (χ4n) is 1.89. The Morgan fingerprint density at radius 2 is 1.19 bits per heavy atom. The van der Waals surface area contributed by atoms with Crippen LogP contribution < -0.4 is 0 Å². The van der Waals surface area contributed by atoms with Gasteiger partial charge in [-0.25, -0.2) is 0 Å². The Kier molecular flexibility index (Phi) is 7.60. The average Bonchev–Trinajstić information content (AvgIpc) is 2.31. The van der Waals surface area contributed by atoms with Crippen molar-refractivity contribution in [3.8, 4) is 0 Å². The highest BCUT2D eigenvalue weighted by Crippen LogP contribution is 2.25. The van der Waals surface area contributed by atoms with Gasteiger partial charge in [0.1, 0.15) is 0 Å². The SMILES string of the molecule is CCCC(C(=O)OC)C(CCC)C(=O)OC. The van der Waals surface area contributed by atoms with Crippen molar-refractivity contribution in [1.29, 1.82) is 0 Å². The minimum atomic E-state index is -0.373. The van der Waals surface area contributed by atoms with Crippen molar-refractivity contribution in [2.24, 2.45) is 11.8 Å². The zero-order valence-corrected chi connectivity index (χ0v) is 10.6. The molecule has 0 heterocycles. The lowest BCUT2D eigenvalue weighted by molar-refractivity contribution is -0.158. The quantitative estimate of drug-likeness (QED) is 0.629. The van der Waals surface area contributed by atoms with Gasteiger partial charge in [0.15, 0.2) is 0 Å². The van der Waals surface area contributed by atoms with Crippen LogP contribution in [0.1, 0.15) is 39.5 Å². The van der Waals surface area contributed by atoms with Crippen LogP contribution in [0.5, 0.6) is 0 Å². The molecule has 0 saturated heterocycles. The summed E-state index contributed by atoms with van der Waals surface area (Å²) in [6.07, 6.45) is 3.01. The van der Waals surface area contributed by atoms with Gasteiger partial charge in [-0.1, -0.05) is 26.7 Å². The van der Waals surface area contributed by atoms with Gasteiger partial charge in [0.25, 0.3) is 0 Å². The summed E-state index contributed by atoms with van der Waals surface area (Å²) >= 11 is 0. The summed E-state index contributed by atoms with van der Waals surface area (Å²) < 4.78 is 9.48. The van der Waals surface area contributed by atoms with Gasteiger partial charge in [-0.3, -0.25) is 9.59 Å². The maximum Gasteiger partial charge on any atom is 0.309 e. The van der Waals surface area contributed by atoms with E-state index < -0.39 is 0 Å². The number of hydrogen-bond donors (Lipinski definition) is 0. The highest BCUT2D eigenvalue weighted by Gasteiger charge is 2.33. The largest absolute Gasteiger partial charge is 0.469 e. The van der Waals surface area contributed by atoms with Crippen molar-refractivity contribution < 1.29 is 19.1 Å². The molecule has 0 rings (SSSR count).